The molecule has 0 atom stereocenters. The molecule has 0 aliphatic carbocycles. The van der Waals surface area contributed by atoms with Gasteiger partial charge in [-0.15, -0.1) is 0 Å². The maximum atomic E-state index is 9.76. The summed E-state index contributed by atoms with van der Waals surface area (Å²) in [6.07, 6.45) is 12.2. The molecule has 0 aromatic rings. The van der Waals surface area contributed by atoms with Crippen LogP contribution in [-0.2, 0) is 9.59 Å². The summed E-state index contributed by atoms with van der Waals surface area (Å²) < 4.78 is 0. The predicted octanol–water partition coefficient (Wildman–Crippen LogP) is 2.78. The first-order chi connectivity index (χ1) is 7.91. The molecule has 0 rings (SSSR count). The van der Waals surface area contributed by atoms with E-state index in [1.165, 1.54) is 25.7 Å². The van der Waals surface area contributed by atoms with Crippen molar-refractivity contribution in [1.29, 1.82) is 0 Å². The summed E-state index contributed by atoms with van der Waals surface area (Å²) in [7, 11) is 0. The summed E-state index contributed by atoms with van der Waals surface area (Å²) >= 11 is 0. The molecule has 4 nitrogen and oxygen atoms in total. The van der Waals surface area contributed by atoms with E-state index in [1.807, 2.05) is 0 Å². The molecule has 0 aliphatic rings. The molecule has 4 heteroatoms. The van der Waals surface area contributed by atoms with Gasteiger partial charge in [0.15, 0.2) is 0 Å². The zero-order chi connectivity index (χ0) is 11.9. The highest BCUT2D eigenvalue weighted by molar-refractivity contribution is 5.32. The first kappa shape index (κ1) is 14.8. The Bertz CT molecular complexity index is 215. The van der Waals surface area contributed by atoms with E-state index in [0.717, 1.165) is 25.7 Å². The molecular formula is C12H20N2O2. The van der Waals surface area contributed by atoms with Crippen LogP contribution in [-0.4, -0.2) is 25.2 Å². The van der Waals surface area contributed by atoms with Crippen molar-refractivity contribution >= 4 is 12.2 Å². The average Bonchev–Trinajstić information content (AvgIpc) is 2.31. The topological polar surface area (TPSA) is 58.9 Å². The van der Waals surface area contributed by atoms with Gasteiger partial charge in [-0.2, -0.15) is 0 Å². The number of nitrogens with zero attached hydrogens (tertiary/aromatic N) is 2. The summed E-state index contributed by atoms with van der Waals surface area (Å²) in [4.78, 5) is 26.5. The number of hydrogen-bond donors (Lipinski definition) is 0. The number of aliphatic imine (C=N–C) groups is 2. The van der Waals surface area contributed by atoms with E-state index < -0.39 is 0 Å². The van der Waals surface area contributed by atoms with Crippen molar-refractivity contribution in [3.05, 3.63) is 0 Å². The molecule has 0 N–H and O–H groups in total. The SMILES string of the molecule is O=C=NCCCCCCCCCCN=C=O. The fourth-order valence-corrected chi connectivity index (χ4v) is 1.53. The molecule has 0 aromatic heterocycles. The van der Waals surface area contributed by atoms with E-state index in [1.54, 1.807) is 12.2 Å². The van der Waals surface area contributed by atoms with E-state index >= 15 is 0 Å². The van der Waals surface area contributed by atoms with Crippen molar-refractivity contribution < 1.29 is 9.59 Å². The zero-order valence-electron chi connectivity index (χ0n) is 9.78. The van der Waals surface area contributed by atoms with Crippen molar-refractivity contribution in [1.82, 2.24) is 0 Å². The normalized spacial score (nSPS) is 9.25. The Balaban J connectivity index is 2.98. The van der Waals surface area contributed by atoms with Gasteiger partial charge in [0.25, 0.3) is 0 Å². The zero-order valence-corrected chi connectivity index (χ0v) is 9.78. The molecule has 16 heavy (non-hydrogen) atoms. The van der Waals surface area contributed by atoms with Crippen LogP contribution in [0.5, 0.6) is 0 Å². The molecule has 0 aromatic carbocycles. The second-order valence-corrected chi connectivity index (χ2v) is 3.77. The van der Waals surface area contributed by atoms with Gasteiger partial charge >= 0.3 is 0 Å². The van der Waals surface area contributed by atoms with Gasteiger partial charge in [-0.25, -0.2) is 19.6 Å². The van der Waals surface area contributed by atoms with Crippen LogP contribution >= 0.6 is 0 Å². The fourth-order valence-electron chi connectivity index (χ4n) is 1.53. The number of carbonyl (C=O) groups excluding carboxylic acids is 2. The van der Waals surface area contributed by atoms with E-state index in [2.05, 4.69) is 9.98 Å². The lowest BCUT2D eigenvalue weighted by atomic mass is 10.1. The van der Waals surface area contributed by atoms with Gasteiger partial charge < -0.3 is 0 Å². The standard InChI is InChI=1S/C12H20N2O2/c15-11-13-9-7-5-3-1-2-4-6-8-10-14-12-16/h1-10H2. The minimum absolute atomic E-state index is 0.618. The van der Waals surface area contributed by atoms with Crippen LogP contribution in [0.2, 0.25) is 0 Å². The van der Waals surface area contributed by atoms with Crippen LogP contribution in [0.3, 0.4) is 0 Å². The smallest absolute Gasteiger partial charge is 0.211 e. The number of isocyanates is 2. The molecular weight excluding hydrogens is 204 g/mol. The summed E-state index contributed by atoms with van der Waals surface area (Å²) in [6.45, 7) is 1.24. The van der Waals surface area contributed by atoms with Crippen LogP contribution in [0.25, 0.3) is 0 Å². The average molecular weight is 224 g/mol. The van der Waals surface area contributed by atoms with E-state index in [-0.39, 0.29) is 0 Å². The van der Waals surface area contributed by atoms with Crippen molar-refractivity contribution in [2.24, 2.45) is 9.98 Å². The third-order valence-electron chi connectivity index (χ3n) is 2.42. The largest absolute Gasteiger partial charge is 0.234 e. The highest BCUT2D eigenvalue weighted by Crippen LogP contribution is 2.08. The molecule has 0 saturated heterocycles. The van der Waals surface area contributed by atoms with Gasteiger partial charge in [-0.3, -0.25) is 0 Å². The van der Waals surface area contributed by atoms with Gasteiger partial charge in [0.1, 0.15) is 0 Å². The van der Waals surface area contributed by atoms with Crippen molar-refractivity contribution in [2.45, 2.75) is 51.4 Å². The Hall–Kier alpha value is -1.24. The molecule has 0 unspecified atom stereocenters. The maximum Gasteiger partial charge on any atom is 0.234 e. The van der Waals surface area contributed by atoms with Gasteiger partial charge in [0.05, 0.1) is 13.1 Å². The molecule has 0 heterocycles. The summed E-state index contributed by atoms with van der Waals surface area (Å²) in [5, 5.41) is 0. The molecule has 0 aliphatic heterocycles. The van der Waals surface area contributed by atoms with Crippen LogP contribution in [0.1, 0.15) is 51.4 Å². The summed E-state index contributed by atoms with van der Waals surface area (Å²) in [5.74, 6) is 0. The third kappa shape index (κ3) is 12.8. The van der Waals surface area contributed by atoms with Crippen LogP contribution in [0.15, 0.2) is 9.98 Å². The maximum absolute atomic E-state index is 9.76. The third-order valence-corrected chi connectivity index (χ3v) is 2.42. The van der Waals surface area contributed by atoms with Crippen LogP contribution in [0.4, 0.5) is 0 Å². The van der Waals surface area contributed by atoms with E-state index in [4.69, 9.17) is 0 Å². The Morgan fingerprint density at radius 3 is 1.19 bits per heavy atom. The molecule has 90 valence electrons. The lowest BCUT2D eigenvalue weighted by Gasteiger charge is -1.99. The van der Waals surface area contributed by atoms with Crippen molar-refractivity contribution in [3.8, 4) is 0 Å². The van der Waals surface area contributed by atoms with Gasteiger partial charge in [0, 0.05) is 0 Å². The summed E-state index contributed by atoms with van der Waals surface area (Å²) in [6, 6.07) is 0. The quantitative estimate of drug-likeness (QED) is 0.308. The molecule has 0 saturated carbocycles. The second kappa shape index (κ2) is 13.8. The van der Waals surface area contributed by atoms with Gasteiger partial charge in [0.2, 0.25) is 12.2 Å². The predicted molar refractivity (Wildman–Crippen MR) is 62.9 cm³/mol. The first-order valence-electron chi connectivity index (χ1n) is 5.99. The Kier molecular flexibility index (Phi) is 12.7. The van der Waals surface area contributed by atoms with E-state index in [9.17, 15) is 9.59 Å². The monoisotopic (exact) mass is 224 g/mol. The molecule has 0 amide bonds. The Morgan fingerprint density at radius 2 is 0.875 bits per heavy atom. The minimum Gasteiger partial charge on any atom is -0.211 e. The highest BCUT2D eigenvalue weighted by Gasteiger charge is 1.91. The van der Waals surface area contributed by atoms with Crippen molar-refractivity contribution in [3.63, 3.8) is 0 Å². The summed E-state index contributed by atoms with van der Waals surface area (Å²) in [5.41, 5.74) is 0. The van der Waals surface area contributed by atoms with Crippen LogP contribution in [0, 0.1) is 0 Å². The highest BCUT2D eigenvalue weighted by atomic mass is 16.1. The number of rotatable bonds is 11. The second-order valence-electron chi connectivity index (χ2n) is 3.77. The number of hydrogen-bond acceptors (Lipinski definition) is 4. The Morgan fingerprint density at radius 1 is 0.562 bits per heavy atom. The lowest BCUT2D eigenvalue weighted by Crippen LogP contribution is -1.85. The fraction of sp³-hybridized carbons (Fsp3) is 0.833. The van der Waals surface area contributed by atoms with Gasteiger partial charge in [-0.1, -0.05) is 38.5 Å². The number of unbranched alkanes of at least 4 members (excludes halogenated alkanes) is 7. The lowest BCUT2D eigenvalue weighted by molar-refractivity contribution is 0.553. The molecule has 0 fully saturated rings. The van der Waals surface area contributed by atoms with Gasteiger partial charge in [-0.05, 0) is 12.8 Å². The Labute approximate surface area is 96.9 Å². The van der Waals surface area contributed by atoms with Crippen LogP contribution < -0.4 is 0 Å². The molecule has 0 bridgehead atoms. The molecule has 0 radical (unpaired) electrons. The minimum atomic E-state index is 0.618. The first-order valence-corrected chi connectivity index (χ1v) is 5.99. The molecule has 0 spiro atoms. The van der Waals surface area contributed by atoms with E-state index in [0.29, 0.717) is 13.1 Å². The van der Waals surface area contributed by atoms with Crippen molar-refractivity contribution in [2.75, 3.05) is 13.1 Å².